The SMILES string of the molecule is CC(N)=CC(=[NH2+])c1ncc(CC(C)C)cn1. The summed E-state index contributed by atoms with van der Waals surface area (Å²) in [5.74, 6) is 1.12. The van der Waals surface area contributed by atoms with Gasteiger partial charge in [-0.15, -0.1) is 0 Å². The van der Waals surface area contributed by atoms with Crippen molar-refractivity contribution in [2.45, 2.75) is 27.2 Å². The van der Waals surface area contributed by atoms with E-state index >= 15 is 0 Å². The topological polar surface area (TPSA) is 77.4 Å². The van der Waals surface area contributed by atoms with Gasteiger partial charge in [-0.2, -0.15) is 0 Å². The van der Waals surface area contributed by atoms with E-state index in [0.29, 0.717) is 23.2 Å². The number of hydrogen-bond acceptors (Lipinski definition) is 3. The Labute approximate surface area is 96.1 Å². The Morgan fingerprint density at radius 1 is 1.44 bits per heavy atom. The van der Waals surface area contributed by atoms with Gasteiger partial charge in [0.05, 0.1) is 0 Å². The molecule has 1 aromatic heterocycles. The molecule has 4 N–H and O–H groups in total. The summed E-state index contributed by atoms with van der Waals surface area (Å²) in [6.07, 6.45) is 6.27. The molecule has 0 saturated carbocycles. The molecule has 0 saturated heterocycles. The number of rotatable bonds is 4. The lowest BCUT2D eigenvalue weighted by Crippen LogP contribution is -2.40. The normalized spacial score (nSPS) is 11.9. The molecule has 0 amide bonds. The van der Waals surface area contributed by atoms with Crippen molar-refractivity contribution < 1.29 is 5.41 Å². The van der Waals surface area contributed by atoms with Crippen molar-refractivity contribution in [3.8, 4) is 0 Å². The van der Waals surface area contributed by atoms with Crippen molar-refractivity contribution in [2.75, 3.05) is 0 Å². The van der Waals surface area contributed by atoms with Crippen molar-refractivity contribution in [3.63, 3.8) is 0 Å². The molecule has 0 aliphatic rings. The first-order valence-electron chi connectivity index (χ1n) is 5.36. The van der Waals surface area contributed by atoms with Gasteiger partial charge in [-0.3, -0.25) is 5.41 Å². The van der Waals surface area contributed by atoms with Gasteiger partial charge >= 0.3 is 0 Å². The monoisotopic (exact) mass is 219 g/mol. The van der Waals surface area contributed by atoms with E-state index in [1.807, 2.05) is 12.4 Å². The predicted octanol–water partition coefficient (Wildman–Crippen LogP) is 0.0858. The highest BCUT2D eigenvalue weighted by Gasteiger charge is 2.07. The Morgan fingerprint density at radius 2 is 2.00 bits per heavy atom. The second-order valence-corrected chi connectivity index (χ2v) is 4.36. The highest BCUT2D eigenvalue weighted by Crippen LogP contribution is 2.05. The maximum absolute atomic E-state index is 5.78. The summed E-state index contributed by atoms with van der Waals surface area (Å²) in [6, 6.07) is 0. The number of nitrogens with two attached hydrogens (primary N) is 2. The molecule has 1 heterocycles. The van der Waals surface area contributed by atoms with Crippen molar-refractivity contribution in [1.29, 1.82) is 0 Å². The van der Waals surface area contributed by atoms with Crippen LogP contribution in [0.15, 0.2) is 24.2 Å². The number of nitrogens with zero attached hydrogens (tertiary/aromatic N) is 2. The van der Waals surface area contributed by atoms with Crippen LogP contribution in [0.4, 0.5) is 0 Å². The zero-order valence-electron chi connectivity index (χ0n) is 10.1. The maximum Gasteiger partial charge on any atom is 0.243 e. The van der Waals surface area contributed by atoms with Crippen LogP contribution >= 0.6 is 0 Å². The van der Waals surface area contributed by atoms with E-state index in [4.69, 9.17) is 11.1 Å². The number of hydrogen-bond donors (Lipinski definition) is 2. The molecule has 0 unspecified atom stereocenters. The average molecular weight is 219 g/mol. The van der Waals surface area contributed by atoms with Gasteiger partial charge in [0.15, 0.2) is 0 Å². The summed E-state index contributed by atoms with van der Waals surface area (Å²) in [7, 11) is 0. The molecule has 86 valence electrons. The lowest BCUT2D eigenvalue weighted by Gasteiger charge is -2.03. The fourth-order valence-corrected chi connectivity index (χ4v) is 1.39. The van der Waals surface area contributed by atoms with Crippen molar-refractivity contribution >= 4 is 5.71 Å². The van der Waals surface area contributed by atoms with E-state index < -0.39 is 0 Å². The van der Waals surface area contributed by atoms with Crippen LogP contribution in [-0.4, -0.2) is 15.7 Å². The summed E-state index contributed by atoms with van der Waals surface area (Å²) in [5.41, 5.74) is 7.80. The summed E-state index contributed by atoms with van der Waals surface area (Å²) < 4.78 is 0. The standard InChI is InChI=1S/C12H18N4/c1-8(2)4-10-6-15-12(16-7-10)11(14)5-9(3)13/h5-8,14H,4,13H2,1-3H3/p+1. The minimum atomic E-state index is 0.496. The third kappa shape index (κ3) is 3.81. The first-order chi connectivity index (χ1) is 7.49. The van der Waals surface area contributed by atoms with Gasteiger partial charge in [-0.1, -0.05) is 13.8 Å². The third-order valence-electron chi connectivity index (χ3n) is 1.99. The van der Waals surface area contributed by atoms with Crippen LogP contribution in [0.3, 0.4) is 0 Å². The predicted molar refractivity (Wildman–Crippen MR) is 64.6 cm³/mol. The quantitative estimate of drug-likeness (QED) is 0.704. The molecule has 0 aliphatic heterocycles. The second kappa shape index (κ2) is 5.39. The highest BCUT2D eigenvalue weighted by molar-refractivity contribution is 6.01. The van der Waals surface area contributed by atoms with Crippen LogP contribution in [0.1, 0.15) is 32.2 Å². The molecule has 0 atom stereocenters. The van der Waals surface area contributed by atoms with Crippen LogP contribution in [0.2, 0.25) is 0 Å². The van der Waals surface area contributed by atoms with Gasteiger partial charge in [0, 0.05) is 24.2 Å². The molecule has 1 rings (SSSR count). The fourth-order valence-electron chi connectivity index (χ4n) is 1.39. The summed E-state index contributed by atoms with van der Waals surface area (Å²) in [5, 5.41) is 5.78. The first-order valence-corrected chi connectivity index (χ1v) is 5.36. The molecular weight excluding hydrogens is 200 g/mol. The Kier molecular flexibility index (Phi) is 4.17. The van der Waals surface area contributed by atoms with E-state index in [9.17, 15) is 0 Å². The molecule has 0 spiro atoms. The van der Waals surface area contributed by atoms with Crippen molar-refractivity contribution in [3.05, 3.63) is 35.6 Å². The first kappa shape index (κ1) is 12.4. The number of aromatic nitrogens is 2. The number of allylic oxidation sites excluding steroid dienone is 2. The molecule has 0 fully saturated rings. The van der Waals surface area contributed by atoms with Crippen LogP contribution in [0, 0.1) is 5.92 Å². The molecular formula is C12H19N4+. The van der Waals surface area contributed by atoms with E-state index in [2.05, 4.69) is 23.8 Å². The van der Waals surface area contributed by atoms with E-state index in [1.165, 1.54) is 0 Å². The van der Waals surface area contributed by atoms with Gasteiger partial charge in [0.1, 0.15) is 0 Å². The second-order valence-electron chi connectivity index (χ2n) is 4.36. The molecule has 0 radical (unpaired) electrons. The zero-order valence-corrected chi connectivity index (χ0v) is 10.1. The van der Waals surface area contributed by atoms with Crippen LogP contribution < -0.4 is 11.1 Å². The lowest BCUT2D eigenvalue weighted by atomic mass is 10.1. The fraction of sp³-hybridized carbons (Fsp3) is 0.417. The Balaban J connectivity index is 2.79. The van der Waals surface area contributed by atoms with Crippen molar-refractivity contribution in [2.24, 2.45) is 11.7 Å². The Bertz CT molecular complexity index is 386. The van der Waals surface area contributed by atoms with Crippen LogP contribution in [-0.2, 0) is 6.42 Å². The average Bonchev–Trinajstić information content (AvgIpc) is 2.16. The minimum absolute atomic E-state index is 0.496. The largest absolute Gasteiger partial charge is 0.402 e. The Morgan fingerprint density at radius 3 is 2.44 bits per heavy atom. The lowest BCUT2D eigenvalue weighted by molar-refractivity contribution is -0.111. The molecule has 16 heavy (non-hydrogen) atoms. The highest BCUT2D eigenvalue weighted by atomic mass is 14.9. The van der Waals surface area contributed by atoms with Gasteiger partial charge in [0.25, 0.3) is 0 Å². The zero-order chi connectivity index (χ0) is 12.1. The molecule has 1 aromatic rings. The Hall–Kier alpha value is -1.71. The van der Waals surface area contributed by atoms with Crippen LogP contribution in [0.25, 0.3) is 0 Å². The summed E-state index contributed by atoms with van der Waals surface area (Å²) >= 11 is 0. The van der Waals surface area contributed by atoms with Crippen molar-refractivity contribution in [1.82, 2.24) is 9.97 Å². The van der Waals surface area contributed by atoms with E-state index in [0.717, 1.165) is 12.0 Å². The maximum atomic E-state index is 5.78. The van der Waals surface area contributed by atoms with Gasteiger partial charge in [-0.05, 0) is 24.8 Å². The summed E-state index contributed by atoms with van der Waals surface area (Å²) in [4.78, 5) is 8.42. The van der Waals surface area contributed by atoms with Gasteiger partial charge in [-0.25, -0.2) is 9.97 Å². The molecule has 4 nitrogen and oxygen atoms in total. The third-order valence-corrected chi connectivity index (χ3v) is 1.99. The minimum Gasteiger partial charge on any atom is -0.402 e. The van der Waals surface area contributed by atoms with E-state index in [1.54, 1.807) is 13.0 Å². The summed E-state index contributed by atoms with van der Waals surface area (Å²) in [6.45, 7) is 6.10. The molecule has 0 aliphatic carbocycles. The van der Waals surface area contributed by atoms with Gasteiger partial charge in [0.2, 0.25) is 11.5 Å². The van der Waals surface area contributed by atoms with E-state index in [-0.39, 0.29) is 0 Å². The van der Waals surface area contributed by atoms with Crippen LogP contribution in [0.5, 0.6) is 0 Å². The van der Waals surface area contributed by atoms with Gasteiger partial charge < -0.3 is 5.73 Å². The molecule has 0 aromatic carbocycles. The molecule has 4 heteroatoms. The smallest absolute Gasteiger partial charge is 0.243 e. The molecule has 0 bridgehead atoms.